The molecule has 0 spiro atoms. The molecule has 1 aromatic rings. The van der Waals surface area contributed by atoms with E-state index in [0.717, 1.165) is 0 Å². The van der Waals surface area contributed by atoms with Gasteiger partial charge in [0.2, 0.25) is 5.91 Å². The molecule has 0 bridgehead atoms. The lowest BCUT2D eigenvalue weighted by atomic mass is 10.2. The summed E-state index contributed by atoms with van der Waals surface area (Å²) in [5.41, 5.74) is 5.99. The second-order valence-corrected chi connectivity index (χ2v) is 4.10. The lowest BCUT2D eigenvalue weighted by molar-refractivity contribution is -0.118. The number of nitrogens with one attached hydrogen (secondary N) is 1. The van der Waals surface area contributed by atoms with Crippen LogP contribution in [0.4, 0.5) is 0 Å². The van der Waals surface area contributed by atoms with Crippen molar-refractivity contribution in [3.8, 4) is 11.8 Å². The van der Waals surface area contributed by atoms with Crippen LogP contribution in [0.2, 0.25) is 0 Å². The van der Waals surface area contributed by atoms with Gasteiger partial charge in [-0.1, -0.05) is 11.8 Å². The van der Waals surface area contributed by atoms with Gasteiger partial charge in [0.1, 0.15) is 6.61 Å². The van der Waals surface area contributed by atoms with Gasteiger partial charge < -0.3 is 16.2 Å². The van der Waals surface area contributed by atoms with E-state index in [-0.39, 0.29) is 18.4 Å². The fourth-order valence-electron chi connectivity index (χ4n) is 1.50. The van der Waals surface area contributed by atoms with Gasteiger partial charge in [0, 0.05) is 30.9 Å². The molecule has 0 radical (unpaired) electrons. The Morgan fingerprint density at radius 1 is 1.35 bits per heavy atom. The summed E-state index contributed by atoms with van der Waals surface area (Å²) in [5, 5.41) is 11.3. The first-order chi connectivity index (χ1) is 9.63. The zero-order valence-electron chi connectivity index (χ0n) is 11.1. The molecule has 0 aliphatic rings. The summed E-state index contributed by atoms with van der Waals surface area (Å²) in [4.78, 5) is 26.3. The fraction of sp³-hybridized carbons (Fsp3) is 0.357. The molecular weight excluding hydrogens is 258 g/mol. The monoisotopic (exact) mass is 275 g/mol. The number of hydrogen-bond acceptors (Lipinski definition) is 4. The summed E-state index contributed by atoms with van der Waals surface area (Å²) in [6, 6.07) is 1.61. The Labute approximate surface area is 117 Å². The van der Waals surface area contributed by atoms with Crippen LogP contribution < -0.4 is 11.1 Å². The van der Waals surface area contributed by atoms with Crippen LogP contribution in [0.5, 0.6) is 0 Å². The van der Waals surface area contributed by atoms with Gasteiger partial charge in [-0.2, -0.15) is 0 Å². The van der Waals surface area contributed by atoms with E-state index >= 15 is 0 Å². The quantitative estimate of drug-likeness (QED) is 0.494. The van der Waals surface area contributed by atoms with E-state index in [0.29, 0.717) is 36.9 Å². The normalized spacial score (nSPS) is 9.45. The second kappa shape index (κ2) is 8.67. The zero-order valence-corrected chi connectivity index (χ0v) is 11.1. The van der Waals surface area contributed by atoms with E-state index in [9.17, 15) is 9.59 Å². The Balaban J connectivity index is 2.45. The van der Waals surface area contributed by atoms with Crippen molar-refractivity contribution in [2.24, 2.45) is 5.73 Å². The lowest BCUT2D eigenvalue weighted by Crippen LogP contribution is -2.25. The van der Waals surface area contributed by atoms with Crippen LogP contribution in [0, 0.1) is 11.8 Å². The van der Waals surface area contributed by atoms with Gasteiger partial charge in [-0.05, 0) is 18.9 Å². The van der Waals surface area contributed by atoms with Crippen LogP contribution in [0.3, 0.4) is 0 Å². The number of rotatable bonds is 6. The molecule has 0 saturated carbocycles. The Hall–Kier alpha value is -2.39. The number of pyridine rings is 1. The minimum Gasteiger partial charge on any atom is -0.384 e. The number of nitrogens with zero attached hydrogens (tertiary/aromatic N) is 1. The predicted molar refractivity (Wildman–Crippen MR) is 73.6 cm³/mol. The Bertz CT molecular complexity index is 532. The number of amides is 2. The maximum absolute atomic E-state index is 11.8. The highest BCUT2D eigenvalue weighted by molar-refractivity contribution is 5.94. The molecule has 4 N–H and O–H groups in total. The molecule has 0 unspecified atom stereocenters. The van der Waals surface area contributed by atoms with E-state index in [2.05, 4.69) is 22.1 Å². The maximum Gasteiger partial charge on any atom is 0.252 e. The second-order valence-electron chi connectivity index (χ2n) is 4.10. The van der Waals surface area contributed by atoms with Crippen LogP contribution in [0.25, 0.3) is 0 Å². The highest BCUT2D eigenvalue weighted by atomic mass is 16.2. The van der Waals surface area contributed by atoms with Crippen LogP contribution in [-0.4, -0.2) is 35.1 Å². The number of aliphatic hydroxyl groups excluding tert-OH is 1. The molecule has 2 amide bonds. The van der Waals surface area contributed by atoms with Gasteiger partial charge in [-0.3, -0.25) is 14.6 Å². The molecule has 0 atom stereocenters. The Morgan fingerprint density at radius 2 is 2.15 bits per heavy atom. The summed E-state index contributed by atoms with van der Waals surface area (Å²) in [7, 11) is 0. The fourth-order valence-corrected chi connectivity index (χ4v) is 1.50. The van der Waals surface area contributed by atoms with E-state index in [1.165, 1.54) is 12.4 Å². The van der Waals surface area contributed by atoms with Gasteiger partial charge >= 0.3 is 0 Å². The van der Waals surface area contributed by atoms with Crippen molar-refractivity contribution in [3.05, 3.63) is 29.6 Å². The molecule has 0 aromatic carbocycles. The number of aromatic nitrogens is 1. The molecule has 0 fully saturated rings. The number of nitrogens with two attached hydrogens (primary N) is 1. The standard InChI is InChI=1S/C14H17N3O3/c15-13(19)5-1-2-6-17-14(20)12-8-11(4-3-7-18)9-16-10-12/h8-10,18H,1-2,5-7H2,(H2,15,19)(H,17,20). The van der Waals surface area contributed by atoms with Gasteiger partial charge in [0.05, 0.1) is 5.56 Å². The van der Waals surface area contributed by atoms with Crippen molar-refractivity contribution in [3.63, 3.8) is 0 Å². The third kappa shape index (κ3) is 5.98. The van der Waals surface area contributed by atoms with Crippen LogP contribution in [-0.2, 0) is 4.79 Å². The predicted octanol–water partition coefficient (Wildman–Crippen LogP) is -0.189. The van der Waals surface area contributed by atoms with Crippen LogP contribution in [0.1, 0.15) is 35.2 Å². The highest BCUT2D eigenvalue weighted by Crippen LogP contribution is 2.02. The Kier molecular flexibility index (Phi) is 6.79. The van der Waals surface area contributed by atoms with Crippen LogP contribution in [0.15, 0.2) is 18.5 Å². The maximum atomic E-state index is 11.8. The summed E-state index contributed by atoms with van der Waals surface area (Å²) in [6.07, 6.45) is 4.63. The minimum atomic E-state index is -0.337. The molecule has 6 nitrogen and oxygen atoms in total. The lowest BCUT2D eigenvalue weighted by Gasteiger charge is -2.04. The molecule has 1 aromatic heterocycles. The summed E-state index contributed by atoms with van der Waals surface area (Å²) < 4.78 is 0. The zero-order chi connectivity index (χ0) is 14.8. The van der Waals surface area contributed by atoms with Crippen molar-refractivity contribution >= 4 is 11.8 Å². The Morgan fingerprint density at radius 3 is 2.85 bits per heavy atom. The first-order valence-corrected chi connectivity index (χ1v) is 6.24. The summed E-state index contributed by atoms with van der Waals surface area (Å²) >= 11 is 0. The van der Waals surface area contributed by atoms with Gasteiger partial charge in [-0.25, -0.2) is 0 Å². The summed E-state index contributed by atoms with van der Waals surface area (Å²) in [6.45, 7) is 0.231. The molecular formula is C14H17N3O3. The molecule has 1 rings (SSSR count). The summed E-state index contributed by atoms with van der Waals surface area (Å²) in [5.74, 6) is 4.59. The number of carbonyl (C=O) groups excluding carboxylic acids is 2. The van der Waals surface area contributed by atoms with Crippen molar-refractivity contribution < 1.29 is 14.7 Å². The first kappa shape index (κ1) is 15.7. The van der Waals surface area contributed by atoms with E-state index in [1.54, 1.807) is 6.07 Å². The molecule has 106 valence electrons. The van der Waals surface area contributed by atoms with E-state index in [4.69, 9.17) is 10.8 Å². The van der Waals surface area contributed by atoms with Gasteiger partial charge in [0.15, 0.2) is 0 Å². The molecule has 0 saturated heterocycles. The number of unbranched alkanes of at least 4 members (excludes halogenated alkanes) is 1. The third-order valence-electron chi connectivity index (χ3n) is 2.45. The topological polar surface area (TPSA) is 105 Å². The average Bonchev–Trinajstić information content (AvgIpc) is 2.44. The van der Waals surface area contributed by atoms with Gasteiger partial charge in [0.25, 0.3) is 5.91 Å². The SMILES string of the molecule is NC(=O)CCCCNC(=O)c1cncc(C#CCO)c1. The smallest absolute Gasteiger partial charge is 0.252 e. The van der Waals surface area contributed by atoms with Crippen molar-refractivity contribution in [1.29, 1.82) is 0 Å². The highest BCUT2D eigenvalue weighted by Gasteiger charge is 2.05. The first-order valence-electron chi connectivity index (χ1n) is 6.24. The molecule has 1 heterocycles. The van der Waals surface area contributed by atoms with E-state index < -0.39 is 0 Å². The largest absolute Gasteiger partial charge is 0.384 e. The number of primary amides is 1. The van der Waals surface area contributed by atoms with E-state index in [1.807, 2.05) is 0 Å². The van der Waals surface area contributed by atoms with Crippen molar-refractivity contribution in [1.82, 2.24) is 10.3 Å². The van der Waals surface area contributed by atoms with Gasteiger partial charge in [-0.15, -0.1) is 0 Å². The third-order valence-corrected chi connectivity index (χ3v) is 2.45. The molecule has 20 heavy (non-hydrogen) atoms. The molecule has 6 heteroatoms. The average molecular weight is 275 g/mol. The van der Waals surface area contributed by atoms with Crippen molar-refractivity contribution in [2.75, 3.05) is 13.2 Å². The van der Waals surface area contributed by atoms with Crippen molar-refractivity contribution in [2.45, 2.75) is 19.3 Å². The minimum absolute atomic E-state index is 0.240. The number of carbonyl (C=O) groups is 2. The number of hydrogen-bond donors (Lipinski definition) is 3. The number of aliphatic hydroxyl groups is 1. The molecule has 0 aliphatic heterocycles. The van der Waals surface area contributed by atoms with Crippen LogP contribution >= 0.6 is 0 Å². The molecule has 0 aliphatic carbocycles.